The van der Waals surface area contributed by atoms with E-state index >= 15 is 0 Å². The van der Waals surface area contributed by atoms with Crippen molar-refractivity contribution in [3.05, 3.63) is 47.9 Å². The maximum absolute atomic E-state index is 13.7. The largest absolute Gasteiger partial charge is 0.444 e. The molecule has 9 nitrogen and oxygen atoms in total. The van der Waals surface area contributed by atoms with E-state index < -0.39 is 15.6 Å². The second-order valence-electron chi connectivity index (χ2n) is 11.2. The molecule has 37 heavy (non-hydrogen) atoms. The number of carbonyl (C=O) groups excluding carboxylic acids is 1. The predicted octanol–water partition coefficient (Wildman–Crippen LogP) is 4.69. The summed E-state index contributed by atoms with van der Waals surface area (Å²) in [5, 5.41) is 0.792. The topological polar surface area (TPSA) is 97.6 Å². The van der Waals surface area contributed by atoms with Crippen LogP contribution in [0.15, 0.2) is 41.7 Å². The Hall–Kier alpha value is -3.14. The minimum Gasteiger partial charge on any atom is -0.444 e. The second kappa shape index (κ2) is 9.31. The smallest absolute Gasteiger partial charge is 0.410 e. The van der Waals surface area contributed by atoms with Crippen LogP contribution in [0.4, 0.5) is 10.6 Å². The fourth-order valence-corrected chi connectivity index (χ4v) is 6.39. The zero-order valence-electron chi connectivity index (χ0n) is 22.1. The highest BCUT2D eigenvalue weighted by molar-refractivity contribution is 7.90. The van der Waals surface area contributed by atoms with Crippen molar-refractivity contribution in [1.82, 2.24) is 18.8 Å². The number of benzene rings is 1. The van der Waals surface area contributed by atoms with E-state index in [-0.39, 0.29) is 22.9 Å². The van der Waals surface area contributed by atoms with Crippen LogP contribution >= 0.6 is 0 Å². The second-order valence-corrected chi connectivity index (χ2v) is 13.0. The number of aromatic nitrogens is 3. The molecule has 1 aromatic carbocycles. The average Bonchev–Trinajstić information content (AvgIpc) is 3.17. The number of anilines is 1. The molecule has 1 amide bonds. The monoisotopic (exact) mass is 525 g/mol. The SMILES string of the molecule is Cc1ccc(S(=O)(=O)n2cc(C3CCC3)c3c(N4CCN(C(=O)OC(C)(C)C)CC4C)ncnc32)cc1. The molecule has 1 aliphatic carbocycles. The Labute approximate surface area is 218 Å². The molecule has 1 saturated heterocycles. The van der Waals surface area contributed by atoms with Crippen LogP contribution in [0, 0.1) is 6.92 Å². The highest BCUT2D eigenvalue weighted by Gasteiger charge is 2.35. The van der Waals surface area contributed by atoms with E-state index in [0.29, 0.717) is 25.3 Å². The average molecular weight is 526 g/mol. The molecule has 2 fully saturated rings. The number of ether oxygens (including phenoxy) is 1. The van der Waals surface area contributed by atoms with Crippen molar-refractivity contribution in [2.75, 3.05) is 24.5 Å². The molecule has 2 aliphatic rings. The summed E-state index contributed by atoms with van der Waals surface area (Å²) in [7, 11) is -3.84. The zero-order chi connectivity index (χ0) is 26.5. The predicted molar refractivity (Wildman–Crippen MR) is 142 cm³/mol. The standard InChI is InChI=1S/C27H35N5O4S/c1-18-9-11-21(12-10-18)37(34,35)32-16-22(20-7-6-8-20)23-24(28-17-29-25(23)32)31-14-13-30(15-19(31)2)26(33)36-27(3,4)5/h9-12,16-17,19-20H,6-8,13-15H2,1-5H3. The van der Waals surface area contributed by atoms with Crippen LogP contribution in [-0.4, -0.2) is 64.6 Å². The van der Waals surface area contributed by atoms with Gasteiger partial charge in [-0.25, -0.2) is 27.2 Å². The molecular formula is C27H35N5O4S. The van der Waals surface area contributed by atoms with Gasteiger partial charge in [-0.3, -0.25) is 0 Å². The van der Waals surface area contributed by atoms with Crippen molar-refractivity contribution in [2.45, 2.75) is 76.3 Å². The van der Waals surface area contributed by atoms with Crippen molar-refractivity contribution >= 4 is 33.0 Å². The lowest BCUT2D eigenvalue weighted by Crippen LogP contribution is -2.54. The van der Waals surface area contributed by atoms with Gasteiger partial charge in [-0.2, -0.15) is 0 Å². The van der Waals surface area contributed by atoms with Crippen LogP contribution in [0.25, 0.3) is 11.0 Å². The summed E-state index contributed by atoms with van der Waals surface area (Å²) in [6.45, 7) is 11.1. The molecule has 3 heterocycles. The third-order valence-electron chi connectivity index (χ3n) is 7.24. The van der Waals surface area contributed by atoms with E-state index in [0.717, 1.165) is 41.6 Å². The zero-order valence-corrected chi connectivity index (χ0v) is 23.0. The van der Waals surface area contributed by atoms with Gasteiger partial charge in [0.1, 0.15) is 17.7 Å². The maximum atomic E-state index is 13.7. The molecule has 1 atom stereocenters. The highest BCUT2D eigenvalue weighted by atomic mass is 32.2. The van der Waals surface area contributed by atoms with E-state index in [9.17, 15) is 13.2 Å². The first kappa shape index (κ1) is 25.5. The quantitative estimate of drug-likeness (QED) is 0.487. The summed E-state index contributed by atoms with van der Waals surface area (Å²) in [6.07, 6.45) is 6.02. The molecule has 10 heteroatoms. The molecular weight excluding hydrogens is 490 g/mol. The molecule has 5 rings (SSSR count). The summed E-state index contributed by atoms with van der Waals surface area (Å²) >= 11 is 0. The van der Waals surface area contributed by atoms with Gasteiger partial charge in [0.2, 0.25) is 0 Å². The number of piperazine rings is 1. The minimum absolute atomic E-state index is 0.0364. The summed E-state index contributed by atoms with van der Waals surface area (Å²) in [6, 6.07) is 6.85. The van der Waals surface area contributed by atoms with Crippen molar-refractivity contribution < 1.29 is 17.9 Å². The van der Waals surface area contributed by atoms with Crippen molar-refractivity contribution in [1.29, 1.82) is 0 Å². The number of rotatable bonds is 4. The van der Waals surface area contributed by atoms with Gasteiger partial charge >= 0.3 is 6.09 Å². The molecule has 1 saturated carbocycles. The van der Waals surface area contributed by atoms with Crippen LogP contribution in [-0.2, 0) is 14.8 Å². The highest BCUT2D eigenvalue weighted by Crippen LogP contribution is 2.43. The Morgan fingerprint density at radius 2 is 1.78 bits per heavy atom. The van der Waals surface area contributed by atoms with Gasteiger partial charge in [0.15, 0.2) is 5.65 Å². The van der Waals surface area contributed by atoms with Crippen LogP contribution < -0.4 is 4.90 Å². The van der Waals surface area contributed by atoms with Gasteiger partial charge in [0.25, 0.3) is 10.0 Å². The molecule has 2 aromatic heterocycles. The van der Waals surface area contributed by atoms with Crippen LogP contribution in [0.5, 0.6) is 0 Å². The lowest BCUT2D eigenvalue weighted by Gasteiger charge is -2.41. The number of fused-ring (bicyclic) bond motifs is 1. The number of aryl methyl sites for hydroxylation is 1. The van der Waals surface area contributed by atoms with E-state index in [1.54, 1.807) is 35.4 Å². The first-order chi connectivity index (χ1) is 17.5. The van der Waals surface area contributed by atoms with Crippen molar-refractivity contribution in [3.63, 3.8) is 0 Å². The van der Waals surface area contributed by atoms with Gasteiger partial charge in [-0.05, 0) is 71.1 Å². The van der Waals surface area contributed by atoms with Gasteiger partial charge in [0.05, 0.1) is 10.3 Å². The molecule has 3 aromatic rings. The Bertz CT molecular complexity index is 1420. The molecule has 0 radical (unpaired) electrons. The van der Waals surface area contributed by atoms with E-state index in [4.69, 9.17) is 4.74 Å². The van der Waals surface area contributed by atoms with Gasteiger partial charge in [0, 0.05) is 31.9 Å². The molecule has 198 valence electrons. The number of hydrogen-bond donors (Lipinski definition) is 0. The summed E-state index contributed by atoms with van der Waals surface area (Å²) in [4.78, 5) is 25.9. The minimum atomic E-state index is -3.84. The molecule has 0 spiro atoms. The van der Waals surface area contributed by atoms with Gasteiger partial charge in [-0.15, -0.1) is 0 Å². The lowest BCUT2D eigenvalue weighted by molar-refractivity contribution is 0.0218. The van der Waals surface area contributed by atoms with Gasteiger partial charge in [-0.1, -0.05) is 24.1 Å². The van der Waals surface area contributed by atoms with Crippen LogP contribution in [0.1, 0.15) is 64.0 Å². The number of carbonyl (C=O) groups is 1. The Balaban J connectivity index is 1.54. The fraction of sp³-hybridized carbons (Fsp3) is 0.519. The van der Waals surface area contributed by atoms with Crippen LogP contribution in [0.3, 0.4) is 0 Å². The molecule has 0 bridgehead atoms. The molecule has 1 aliphatic heterocycles. The number of amides is 1. The van der Waals surface area contributed by atoms with Crippen molar-refractivity contribution in [3.8, 4) is 0 Å². The maximum Gasteiger partial charge on any atom is 0.410 e. The summed E-state index contributed by atoms with van der Waals surface area (Å²) < 4.78 is 34.3. The van der Waals surface area contributed by atoms with E-state index in [2.05, 4.69) is 14.9 Å². The molecule has 1 unspecified atom stereocenters. The van der Waals surface area contributed by atoms with Gasteiger partial charge < -0.3 is 14.5 Å². The molecule has 0 N–H and O–H groups in total. The third-order valence-corrected chi connectivity index (χ3v) is 8.90. The normalized spacial score (nSPS) is 19.2. The van der Waals surface area contributed by atoms with E-state index in [1.165, 1.54) is 10.3 Å². The summed E-state index contributed by atoms with van der Waals surface area (Å²) in [5.74, 6) is 1.00. The number of hydrogen-bond acceptors (Lipinski definition) is 7. The van der Waals surface area contributed by atoms with Crippen molar-refractivity contribution in [2.24, 2.45) is 0 Å². The Kier molecular flexibility index (Phi) is 6.42. The van der Waals surface area contributed by atoms with Crippen LogP contribution in [0.2, 0.25) is 0 Å². The van der Waals surface area contributed by atoms with E-state index in [1.807, 2.05) is 34.6 Å². The third kappa shape index (κ3) is 4.79. The summed E-state index contributed by atoms with van der Waals surface area (Å²) in [5.41, 5.74) is 1.82. The Morgan fingerprint density at radius 1 is 1.08 bits per heavy atom. The number of nitrogens with zero attached hydrogens (tertiary/aromatic N) is 5. The first-order valence-electron chi connectivity index (χ1n) is 12.9. The first-order valence-corrected chi connectivity index (χ1v) is 14.3. The lowest BCUT2D eigenvalue weighted by atomic mass is 9.80. The fourth-order valence-electron chi connectivity index (χ4n) is 5.06. The Morgan fingerprint density at radius 3 is 2.38 bits per heavy atom.